The van der Waals surface area contributed by atoms with Crippen molar-refractivity contribution in [3.8, 4) is 5.75 Å². The number of carbonyl (C=O) groups is 1. The molecule has 7 heteroatoms. The molecule has 22 heavy (non-hydrogen) atoms. The summed E-state index contributed by atoms with van der Waals surface area (Å²) in [5.74, 6) is -0.230. The van der Waals surface area contributed by atoms with Crippen LogP contribution in [0.5, 0.6) is 5.75 Å². The smallest absolute Gasteiger partial charge is 0.406 e. The first-order valence-corrected chi connectivity index (χ1v) is 7.10. The molecule has 0 unspecified atom stereocenters. The standard InChI is InChI=1S/C15H16F3NO3/c16-15(17,18)22-12-3-1-10(2-4-12)7-14(5-6-14)13(21)19-8-11(20)9-19/h1-4,11,20H,5-9H2. The van der Waals surface area contributed by atoms with Crippen molar-refractivity contribution in [1.82, 2.24) is 4.90 Å². The van der Waals surface area contributed by atoms with Crippen LogP contribution in [-0.4, -0.2) is 41.5 Å². The first kappa shape index (κ1) is 15.1. The van der Waals surface area contributed by atoms with Gasteiger partial charge in [-0.1, -0.05) is 12.1 Å². The topological polar surface area (TPSA) is 49.8 Å². The van der Waals surface area contributed by atoms with Gasteiger partial charge in [-0.25, -0.2) is 0 Å². The summed E-state index contributed by atoms with van der Waals surface area (Å²) >= 11 is 0. The van der Waals surface area contributed by atoms with Gasteiger partial charge in [0.1, 0.15) is 5.75 Å². The van der Waals surface area contributed by atoms with E-state index in [-0.39, 0.29) is 11.7 Å². The molecule has 1 saturated carbocycles. The van der Waals surface area contributed by atoms with E-state index in [2.05, 4.69) is 4.74 Å². The van der Waals surface area contributed by atoms with Gasteiger partial charge in [-0.05, 0) is 37.0 Å². The fourth-order valence-electron chi connectivity index (χ4n) is 2.77. The summed E-state index contributed by atoms with van der Waals surface area (Å²) in [6, 6.07) is 5.63. The molecule has 4 nitrogen and oxygen atoms in total. The van der Waals surface area contributed by atoms with E-state index in [1.807, 2.05) is 0 Å². The van der Waals surface area contributed by atoms with Crippen molar-refractivity contribution in [2.24, 2.45) is 5.41 Å². The number of halogens is 3. The maximum Gasteiger partial charge on any atom is 0.573 e. The largest absolute Gasteiger partial charge is 0.573 e. The number of carbonyl (C=O) groups excluding carboxylic acids is 1. The van der Waals surface area contributed by atoms with Crippen molar-refractivity contribution < 1.29 is 27.8 Å². The Morgan fingerprint density at radius 2 is 1.86 bits per heavy atom. The lowest BCUT2D eigenvalue weighted by atomic mass is 9.93. The van der Waals surface area contributed by atoms with Gasteiger partial charge in [0.05, 0.1) is 11.5 Å². The number of hydrogen-bond acceptors (Lipinski definition) is 3. The molecular formula is C15H16F3NO3. The molecule has 1 saturated heterocycles. The van der Waals surface area contributed by atoms with Crippen LogP contribution in [-0.2, 0) is 11.2 Å². The predicted molar refractivity (Wildman–Crippen MR) is 71.1 cm³/mol. The first-order valence-electron chi connectivity index (χ1n) is 7.10. The number of aliphatic hydroxyl groups is 1. The molecule has 2 aliphatic rings. The van der Waals surface area contributed by atoms with E-state index in [1.165, 1.54) is 12.1 Å². The zero-order chi connectivity index (χ0) is 16.0. The zero-order valence-corrected chi connectivity index (χ0v) is 11.8. The van der Waals surface area contributed by atoms with E-state index in [0.29, 0.717) is 19.5 Å². The van der Waals surface area contributed by atoms with Crippen molar-refractivity contribution in [3.05, 3.63) is 29.8 Å². The normalized spacial score (nSPS) is 20.5. The van der Waals surface area contributed by atoms with Crippen molar-refractivity contribution >= 4 is 5.91 Å². The predicted octanol–water partition coefficient (Wildman–Crippen LogP) is 2.11. The molecule has 0 radical (unpaired) electrons. The zero-order valence-electron chi connectivity index (χ0n) is 11.8. The van der Waals surface area contributed by atoms with Crippen LogP contribution < -0.4 is 4.74 Å². The molecule has 0 bridgehead atoms. The third-order valence-electron chi connectivity index (χ3n) is 4.16. The maximum absolute atomic E-state index is 12.4. The van der Waals surface area contributed by atoms with Gasteiger partial charge in [-0.2, -0.15) is 0 Å². The molecule has 1 aromatic rings. The average Bonchev–Trinajstić information content (AvgIpc) is 3.16. The number of benzene rings is 1. The second-order valence-electron chi connectivity index (χ2n) is 6.01. The van der Waals surface area contributed by atoms with Gasteiger partial charge in [0, 0.05) is 13.1 Å². The van der Waals surface area contributed by atoms with Gasteiger partial charge in [0.15, 0.2) is 0 Å². The molecule has 120 valence electrons. The van der Waals surface area contributed by atoms with Crippen LogP contribution in [0.15, 0.2) is 24.3 Å². The quantitative estimate of drug-likeness (QED) is 0.926. The number of rotatable bonds is 4. The maximum atomic E-state index is 12.4. The van der Waals surface area contributed by atoms with Gasteiger partial charge in [0.25, 0.3) is 0 Å². The third kappa shape index (κ3) is 3.19. The first-order chi connectivity index (χ1) is 10.3. The Morgan fingerprint density at radius 3 is 2.32 bits per heavy atom. The Kier molecular flexibility index (Phi) is 3.55. The minimum atomic E-state index is -4.70. The Labute approximate surface area is 125 Å². The fraction of sp³-hybridized carbons (Fsp3) is 0.533. The van der Waals surface area contributed by atoms with E-state index in [4.69, 9.17) is 0 Å². The Balaban J connectivity index is 1.62. The van der Waals surface area contributed by atoms with Crippen LogP contribution >= 0.6 is 0 Å². The highest BCUT2D eigenvalue weighted by molar-refractivity contribution is 5.86. The van der Waals surface area contributed by atoms with Crippen LogP contribution in [0.1, 0.15) is 18.4 Å². The van der Waals surface area contributed by atoms with Crippen LogP contribution in [0, 0.1) is 5.41 Å². The fourth-order valence-corrected chi connectivity index (χ4v) is 2.77. The summed E-state index contributed by atoms with van der Waals surface area (Å²) < 4.78 is 40.1. The van der Waals surface area contributed by atoms with Crippen LogP contribution in [0.25, 0.3) is 0 Å². The molecule has 0 atom stereocenters. The molecule has 0 spiro atoms. The summed E-state index contributed by atoms with van der Waals surface area (Å²) in [5, 5.41) is 9.27. The summed E-state index contributed by atoms with van der Waals surface area (Å²) in [5.41, 5.74) is 0.369. The number of β-amino-alcohol motifs (C(OH)–C–C–N with tert-alkyl or cyclic N) is 1. The summed E-state index contributed by atoms with van der Waals surface area (Å²) in [4.78, 5) is 14.0. The molecule has 1 N–H and O–H groups in total. The molecule has 3 rings (SSSR count). The van der Waals surface area contributed by atoms with Crippen molar-refractivity contribution in [2.45, 2.75) is 31.7 Å². The number of aliphatic hydroxyl groups excluding tert-OH is 1. The van der Waals surface area contributed by atoms with E-state index < -0.39 is 17.9 Å². The lowest BCUT2D eigenvalue weighted by Crippen LogP contribution is -2.56. The highest BCUT2D eigenvalue weighted by Crippen LogP contribution is 2.50. The van der Waals surface area contributed by atoms with Crippen LogP contribution in [0.4, 0.5) is 13.2 Å². The number of ether oxygens (including phenoxy) is 1. The number of likely N-dealkylation sites (tertiary alicyclic amines) is 1. The Morgan fingerprint density at radius 1 is 1.27 bits per heavy atom. The summed E-state index contributed by atoms with van der Waals surface area (Å²) in [6.45, 7) is 0.748. The number of alkyl halides is 3. The van der Waals surface area contributed by atoms with Crippen molar-refractivity contribution in [2.75, 3.05) is 13.1 Å². The second-order valence-corrected chi connectivity index (χ2v) is 6.01. The average molecular weight is 315 g/mol. The van der Waals surface area contributed by atoms with E-state index in [1.54, 1.807) is 17.0 Å². The van der Waals surface area contributed by atoms with Crippen LogP contribution in [0.2, 0.25) is 0 Å². The van der Waals surface area contributed by atoms with Crippen LogP contribution in [0.3, 0.4) is 0 Å². The van der Waals surface area contributed by atoms with Gasteiger partial charge < -0.3 is 14.7 Å². The number of amides is 1. The van der Waals surface area contributed by atoms with Gasteiger partial charge in [-0.3, -0.25) is 4.79 Å². The Hall–Kier alpha value is -1.76. The molecule has 1 heterocycles. The summed E-state index contributed by atoms with van der Waals surface area (Å²) in [7, 11) is 0. The molecule has 1 aliphatic heterocycles. The van der Waals surface area contributed by atoms with Gasteiger partial charge in [0.2, 0.25) is 5.91 Å². The van der Waals surface area contributed by atoms with Crippen molar-refractivity contribution in [3.63, 3.8) is 0 Å². The Bertz CT molecular complexity index is 560. The van der Waals surface area contributed by atoms with E-state index in [0.717, 1.165) is 18.4 Å². The highest BCUT2D eigenvalue weighted by atomic mass is 19.4. The van der Waals surface area contributed by atoms with Gasteiger partial charge in [-0.15, -0.1) is 13.2 Å². The van der Waals surface area contributed by atoms with E-state index >= 15 is 0 Å². The summed E-state index contributed by atoms with van der Waals surface area (Å²) in [6.07, 6.45) is -3.07. The SMILES string of the molecule is O=C(N1CC(O)C1)C1(Cc2ccc(OC(F)(F)F)cc2)CC1. The molecule has 2 fully saturated rings. The van der Waals surface area contributed by atoms with E-state index in [9.17, 15) is 23.1 Å². The molecule has 1 amide bonds. The molecular weight excluding hydrogens is 299 g/mol. The van der Waals surface area contributed by atoms with Gasteiger partial charge >= 0.3 is 6.36 Å². The second kappa shape index (κ2) is 5.15. The minimum absolute atomic E-state index is 0.0356. The minimum Gasteiger partial charge on any atom is -0.406 e. The van der Waals surface area contributed by atoms with Crippen molar-refractivity contribution in [1.29, 1.82) is 0 Å². The highest BCUT2D eigenvalue weighted by Gasteiger charge is 2.53. The third-order valence-corrected chi connectivity index (χ3v) is 4.16. The number of nitrogens with zero attached hydrogens (tertiary/aromatic N) is 1. The molecule has 1 aromatic carbocycles. The monoisotopic (exact) mass is 315 g/mol. The molecule has 1 aliphatic carbocycles. The number of hydrogen-bond donors (Lipinski definition) is 1. The lowest BCUT2D eigenvalue weighted by molar-refractivity contribution is -0.274. The molecule has 0 aromatic heterocycles. The lowest BCUT2D eigenvalue weighted by Gasteiger charge is -2.38.